The van der Waals surface area contributed by atoms with Crippen molar-refractivity contribution in [1.82, 2.24) is 19.9 Å². The van der Waals surface area contributed by atoms with E-state index in [1.165, 1.54) is 12.8 Å². The van der Waals surface area contributed by atoms with Gasteiger partial charge in [-0.25, -0.2) is 15.0 Å². The fourth-order valence-electron chi connectivity index (χ4n) is 3.39. The first-order valence-electron chi connectivity index (χ1n) is 8.91. The van der Waals surface area contributed by atoms with Gasteiger partial charge >= 0.3 is 0 Å². The molecule has 1 aromatic carbocycles. The normalized spacial score (nSPS) is 20.2. The molecule has 1 aliphatic carbocycles. The Hall–Kier alpha value is -2.76. The fourth-order valence-corrected chi connectivity index (χ4v) is 3.39. The van der Waals surface area contributed by atoms with Crippen molar-refractivity contribution < 1.29 is 0 Å². The third-order valence-corrected chi connectivity index (χ3v) is 4.92. The molecule has 2 aliphatic rings. The van der Waals surface area contributed by atoms with Gasteiger partial charge in [-0.1, -0.05) is 12.1 Å². The van der Waals surface area contributed by atoms with Crippen molar-refractivity contribution in [3.05, 3.63) is 48.5 Å². The first kappa shape index (κ1) is 14.6. The molecular formula is C19H20N6. The predicted octanol–water partition coefficient (Wildman–Crippen LogP) is 2.99. The maximum Gasteiger partial charge on any atom is 0.147 e. The van der Waals surface area contributed by atoms with Gasteiger partial charge < -0.3 is 10.2 Å². The Kier molecular flexibility index (Phi) is 3.47. The molecule has 25 heavy (non-hydrogen) atoms. The van der Waals surface area contributed by atoms with Gasteiger partial charge in [0, 0.05) is 31.2 Å². The van der Waals surface area contributed by atoms with Crippen LogP contribution in [-0.2, 0) is 0 Å². The van der Waals surface area contributed by atoms with Crippen LogP contribution < -0.4 is 10.2 Å². The summed E-state index contributed by atoms with van der Waals surface area (Å²) < 4.78 is 0. The first-order chi connectivity index (χ1) is 12.3. The third kappa shape index (κ3) is 2.99. The van der Waals surface area contributed by atoms with Crippen LogP contribution in [0.2, 0.25) is 0 Å². The van der Waals surface area contributed by atoms with Crippen molar-refractivity contribution in [2.75, 3.05) is 23.3 Å². The number of nitrogens with zero attached hydrogens (tertiary/aromatic N) is 5. The van der Waals surface area contributed by atoms with E-state index >= 15 is 0 Å². The van der Waals surface area contributed by atoms with Gasteiger partial charge in [-0.05, 0) is 37.5 Å². The smallest absolute Gasteiger partial charge is 0.147 e. The molecule has 3 heterocycles. The molecule has 1 atom stereocenters. The number of para-hydroxylation sites is 2. The number of hydrogen-bond donors (Lipinski definition) is 1. The second-order valence-corrected chi connectivity index (χ2v) is 6.87. The Bertz CT molecular complexity index is 907. The highest BCUT2D eigenvalue weighted by Crippen LogP contribution is 2.38. The Morgan fingerprint density at radius 2 is 1.84 bits per heavy atom. The number of nitrogens with one attached hydrogen (secondary N) is 1. The van der Waals surface area contributed by atoms with Crippen LogP contribution in [0.3, 0.4) is 0 Å². The molecule has 0 spiro atoms. The van der Waals surface area contributed by atoms with E-state index in [9.17, 15) is 0 Å². The lowest BCUT2D eigenvalue weighted by Crippen LogP contribution is -2.27. The maximum atomic E-state index is 4.75. The minimum atomic E-state index is 0.371. The molecule has 1 N–H and O–H groups in total. The number of benzene rings is 1. The van der Waals surface area contributed by atoms with Crippen LogP contribution >= 0.6 is 0 Å². The zero-order valence-corrected chi connectivity index (χ0v) is 14.0. The summed E-state index contributed by atoms with van der Waals surface area (Å²) in [5.41, 5.74) is 1.88. The fraction of sp³-hybridized carbons (Fsp3) is 0.368. The zero-order valence-electron chi connectivity index (χ0n) is 14.0. The topological polar surface area (TPSA) is 66.8 Å². The van der Waals surface area contributed by atoms with Gasteiger partial charge in [0.2, 0.25) is 0 Å². The van der Waals surface area contributed by atoms with E-state index in [-0.39, 0.29) is 0 Å². The molecule has 2 fully saturated rings. The average molecular weight is 332 g/mol. The molecule has 126 valence electrons. The molecule has 0 amide bonds. The van der Waals surface area contributed by atoms with Crippen LogP contribution in [0.15, 0.2) is 42.7 Å². The van der Waals surface area contributed by atoms with E-state index in [2.05, 4.69) is 25.2 Å². The monoisotopic (exact) mass is 332 g/mol. The van der Waals surface area contributed by atoms with Gasteiger partial charge in [0.15, 0.2) is 0 Å². The summed E-state index contributed by atoms with van der Waals surface area (Å²) in [6.45, 7) is 1.89. The highest BCUT2D eigenvalue weighted by molar-refractivity contribution is 5.75. The van der Waals surface area contributed by atoms with Crippen LogP contribution in [0.4, 0.5) is 11.6 Å². The lowest BCUT2D eigenvalue weighted by Gasteiger charge is -2.18. The van der Waals surface area contributed by atoms with E-state index in [0.717, 1.165) is 48.0 Å². The van der Waals surface area contributed by atoms with Crippen LogP contribution in [0.25, 0.3) is 11.0 Å². The molecule has 3 aromatic rings. The lowest BCUT2D eigenvalue weighted by molar-refractivity contribution is 0.792. The molecule has 0 bridgehead atoms. The van der Waals surface area contributed by atoms with Crippen molar-refractivity contribution >= 4 is 22.7 Å². The molecule has 6 nitrogen and oxygen atoms in total. The van der Waals surface area contributed by atoms with Gasteiger partial charge in [0.25, 0.3) is 0 Å². The maximum absolute atomic E-state index is 4.75. The molecule has 0 radical (unpaired) electrons. The summed E-state index contributed by atoms with van der Waals surface area (Å²) in [7, 11) is 0. The summed E-state index contributed by atoms with van der Waals surface area (Å²) in [6.07, 6.45) is 7.25. The van der Waals surface area contributed by atoms with Crippen molar-refractivity contribution in [3.8, 4) is 0 Å². The summed E-state index contributed by atoms with van der Waals surface area (Å²) in [5, 5.41) is 3.56. The van der Waals surface area contributed by atoms with Crippen LogP contribution in [0.1, 0.15) is 31.0 Å². The van der Waals surface area contributed by atoms with Gasteiger partial charge in [0.1, 0.15) is 17.5 Å². The molecule has 1 unspecified atom stereocenters. The molecule has 1 aliphatic heterocycles. The highest BCUT2D eigenvalue weighted by atomic mass is 15.2. The quantitative estimate of drug-likeness (QED) is 0.792. The van der Waals surface area contributed by atoms with Gasteiger partial charge in [-0.2, -0.15) is 0 Å². The molecule has 2 aromatic heterocycles. The first-order valence-corrected chi connectivity index (χ1v) is 8.91. The number of hydrogen-bond acceptors (Lipinski definition) is 6. The van der Waals surface area contributed by atoms with Gasteiger partial charge in [-0.15, -0.1) is 0 Å². The average Bonchev–Trinajstić information content (AvgIpc) is 3.41. The number of fused-ring (bicyclic) bond motifs is 1. The van der Waals surface area contributed by atoms with E-state index < -0.39 is 0 Å². The summed E-state index contributed by atoms with van der Waals surface area (Å²) in [4.78, 5) is 20.6. The number of rotatable bonds is 4. The Morgan fingerprint density at radius 3 is 2.72 bits per heavy atom. The highest BCUT2D eigenvalue weighted by Gasteiger charge is 2.27. The minimum absolute atomic E-state index is 0.371. The summed E-state index contributed by atoms with van der Waals surface area (Å²) >= 11 is 0. The van der Waals surface area contributed by atoms with Crippen molar-refractivity contribution in [1.29, 1.82) is 0 Å². The summed E-state index contributed by atoms with van der Waals surface area (Å²) in [5.74, 6) is 3.45. The zero-order chi connectivity index (χ0) is 16.6. The minimum Gasteiger partial charge on any atom is -0.365 e. The second kappa shape index (κ2) is 5.95. The SMILES string of the molecule is c1ccc2nc(N3CCC(Nc4ccnc(C5CC5)n4)C3)cnc2c1. The molecule has 5 rings (SSSR count). The van der Waals surface area contributed by atoms with E-state index in [0.29, 0.717) is 12.0 Å². The largest absolute Gasteiger partial charge is 0.365 e. The molecular weight excluding hydrogens is 312 g/mol. The Balaban J connectivity index is 1.29. The van der Waals surface area contributed by atoms with Gasteiger partial charge in [-0.3, -0.25) is 4.98 Å². The molecule has 1 saturated carbocycles. The third-order valence-electron chi connectivity index (χ3n) is 4.92. The van der Waals surface area contributed by atoms with Gasteiger partial charge in [0.05, 0.1) is 17.2 Å². The lowest BCUT2D eigenvalue weighted by atomic mass is 10.2. The number of anilines is 2. The Labute approximate surface area is 146 Å². The Morgan fingerprint density at radius 1 is 0.960 bits per heavy atom. The standard InChI is InChI=1S/C19H20N6/c1-2-4-16-15(3-1)21-11-18(23-16)25-10-8-14(12-25)22-17-7-9-20-19(24-17)13-5-6-13/h1-4,7,9,11,13-14H,5-6,8,10,12H2,(H,20,22,24). The van der Waals surface area contributed by atoms with Crippen LogP contribution in [-0.4, -0.2) is 39.1 Å². The summed E-state index contributed by atoms with van der Waals surface area (Å²) in [6, 6.07) is 10.3. The number of aromatic nitrogens is 4. The molecule has 1 saturated heterocycles. The molecule has 6 heteroatoms. The van der Waals surface area contributed by atoms with Crippen LogP contribution in [0, 0.1) is 0 Å². The predicted molar refractivity (Wildman–Crippen MR) is 97.8 cm³/mol. The second-order valence-electron chi connectivity index (χ2n) is 6.87. The van der Waals surface area contributed by atoms with E-state index in [4.69, 9.17) is 4.98 Å². The van der Waals surface area contributed by atoms with E-state index in [1.54, 1.807) is 0 Å². The van der Waals surface area contributed by atoms with Crippen LogP contribution in [0.5, 0.6) is 0 Å². The van der Waals surface area contributed by atoms with Crippen molar-refractivity contribution in [2.45, 2.75) is 31.2 Å². The van der Waals surface area contributed by atoms with E-state index in [1.807, 2.05) is 42.7 Å². The van der Waals surface area contributed by atoms with Crippen molar-refractivity contribution in [2.24, 2.45) is 0 Å². The van der Waals surface area contributed by atoms with Crippen molar-refractivity contribution in [3.63, 3.8) is 0 Å².